The summed E-state index contributed by atoms with van der Waals surface area (Å²) >= 11 is 1.60. The molecule has 0 atom stereocenters. The summed E-state index contributed by atoms with van der Waals surface area (Å²) in [6.45, 7) is 0. The first-order chi connectivity index (χ1) is 11.7. The Bertz CT molecular complexity index is 667. The molecule has 0 radical (unpaired) electrons. The molecule has 5 nitrogen and oxygen atoms in total. The Morgan fingerprint density at radius 2 is 1.96 bits per heavy atom. The van der Waals surface area contributed by atoms with Crippen LogP contribution in [0.1, 0.15) is 61.3 Å². The summed E-state index contributed by atoms with van der Waals surface area (Å²) < 4.78 is 14.8. The predicted octanol–water partition coefficient (Wildman–Crippen LogP) is 4.07. The fraction of sp³-hybridized carbons (Fsp3) is 0.529. The van der Waals surface area contributed by atoms with Gasteiger partial charge in [0.2, 0.25) is 5.16 Å². The SMILES string of the molecule is O=C(CCCSc1nnnn1C1CCCCC1)c1ccc(F)cc1. The third-order valence-corrected chi connectivity index (χ3v) is 5.35. The van der Waals surface area contributed by atoms with Crippen molar-refractivity contribution in [2.24, 2.45) is 0 Å². The second kappa shape index (κ2) is 8.37. The van der Waals surface area contributed by atoms with Crippen molar-refractivity contribution in [3.8, 4) is 0 Å². The van der Waals surface area contributed by atoms with Crippen LogP contribution in [0.2, 0.25) is 0 Å². The van der Waals surface area contributed by atoms with Crippen LogP contribution >= 0.6 is 11.8 Å². The van der Waals surface area contributed by atoms with Gasteiger partial charge in [0.1, 0.15) is 5.82 Å². The molecule has 3 rings (SSSR count). The molecule has 24 heavy (non-hydrogen) atoms. The molecule has 0 saturated heterocycles. The Kier molecular flexibility index (Phi) is 5.96. The molecule has 0 bridgehead atoms. The number of benzene rings is 1. The molecule has 0 N–H and O–H groups in total. The quantitative estimate of drug-likeness (QED) is 0.429. The minimum absolute atomic E-state index is 0.0440. The zero-order valence-electron chi connectivity index (χ0n) is 13.5. The van der Waals surface area contributed by atoms with Crippen LogP contribution in [0.15, 0.2) is 29.4 Å². The van der Waals surface area contributed by atoms with Crippen LogP contribution in [0.4, 0.5) is 4.39 Å². The van der Waals surface area contributed by atoms with Crippen molar-refractivity contribution in [2.75, 3.05) is 5.75 Å². The van der Waals surface area contributed by atoms with Gasteiger partial charge in [0.25, 0.3) is 0 Å². The molecule has 0 unspecified atom stereocenters. The number of carbonyl (C=O) groups excluding carboxylic acids is 1. The maximum atomic E-state index is 12.9. The molecule has 0 aliphatic heterocycles. The van der Waals surface area contributed by atoms with Crippen molar-refractivity contribution >= 4 is 17.5 Å². The number of Topliss-reactive ketones (excluding diaryl/α,β-unsaturated/α-hetero) is 1. The molecule has 128 valence electrons. The Morgan fingerprint density at radius 3 is 2.71 bits per heavy atom. The number of tetrazole rings is 1. The number of rotatable bonds is 7. The molecule has 0 spiro atoms. The number of nitrogens with zero attached hydrogens (tertiary/aromatic N) is 4. The summed E-state index contributed by atoms with van der Waals surface area (Å²) in [6.07, 6.45) is 7.25. The molecule has 1 fully saturated rings. The highest BCUT2D eigenvalue weighted by atomic mass is 32.2. The lowest BCUT2D eigenvalue weighted by atomic mass is 9.96. The van der Waals surface area contributed by atoms with E-state index >= 15 is 0 Å². The first-order valence-electron chi connectivity index (χ1n) is 8.43. The van der Waals surface area contributed by atoms with E-state index in [0.717, 1.165) is 30.2 Å². The van der Waals surface area contributed by atoms with Crippen molar-refractivity contribution in [1.82, 2.24) is 20.2 Å². The van der Waals surface area contributed by atoms with Crippen molar-refractivity contribution in [2.45, 2.75) is 56.1 Å². The third-order valence-electron chi connectivity index (χ3n) is 4.33. The van der Waals surface area contributed by atoms with E-state index in [4.69, 9.17) is 0 Å². The number of thioether (sulfide) groups is 1. The Hall–Kier alpha value is -1.76. The number of hydrogen-bond acceptors (Lipinski definition) is 5. The van der Waals surface area contributed by atoms with Crippen molar-refractivity contribution in [1.29, 1.82) is 0 Å². The highest BCUT2D eigenvalue weighted by Crippen LogP contribution is 2.30. The topological polar surface area (TPSA) is 60.7 Å². The number of hydrogen-bond donors (Lipinski definition) is 0. The van der Waals surface area contributed by atoms with Gasteiger partial charge in [-0.15, -0.1) is 5.10 Å². The van der Waals surface area contributed by atoms with Crippen molar-refractivity contribution in [3.05, 3.63) is 35.6 Å². The smallest absolute Gasteiger partial charge is 0.209 e. The first-order valence-corrected chi connectivity index (χ1v) is 9.42. The maximum Gasteiger partial charge on any atom is 0.209 e. The molecule has 1 heterocycles. The van der Waals surface area contributed by atoms with E-state index in [0.29, 0.717) is 18.0 Å². The highest BCUT2D eigenvalue weighted by molar-refractivity contribution is 7.99. The second-order valence-electron chi connectivity index (χ2n) is 6.08. The molecule has 0 amide bonds. The number of carbonyl (C=O) groups is 1. The normalized spacial score (nSPS) is 15.5. The Morgan fingerprint density at radius 1 is 1.21 bits per heavy atom. The zero-order valence-corrected chi connectivity index (χ0v) is 14.3. The van der Waals surface area contributed by atoms with Gasteiger partial charge in [0.15, 0.2) is 5.78 Å². The Labute approximate surface area is 145 Å². The molecule has 2 aromatic rings. The van der Waals surface area contributed by atoms with E-state index in [1.807, 2.05) is 4.68 Å². The molecular weight excluding hydrogens is 327 g/mol. The van der Waals surface area contributed by atoms with Gasteiger partial charge in [-0.05, 0) is 54.0 Å². The van der Waals surface area contributed by atoms with Crippen molar-refractivity contribution < 1.29 is 9.18 Å². The molecule has 1 aliphatic carbocycles. The summed E-state index contributed by atoms with van der Waals surface area (Å²) in [5, 5.41) is 12.9. The first kappa shape index (κ1) is 17.1. The lowest BCUT2D eigenvalue weighted by Gasteiger charge is -2.21. The average Bonchev–Trinajstić information content (AvgIpc) is 3.08. The fourth-order valence-electron chi connectivity index (χ4n) is 3.01. The van der Waals surface area contributed by atoms with E-state index in [-0.39, 0.29) is 11.6 Å². The summed E-state index contributed by atoms with van der Waals surface area (Å²) in [5.74, 6) is 0.513. The van der Waals surface area contributed by atoms with Crippen LogP contribution in [0, 0.1) is 5.82 Å². The van der Waals surface area contributed by atoms with Gasteiger partial charge in [-0.25, -0.2) is 9.07 Å². The van der Waals surface area contributed by atoms with Crippen LogP contribution < -0.4 is 0 Å². The molecular formula is C17H21FN4OS. The number of aromatic nitrogens is 4. The monoisotopic (exact) mass is 348 g/mol. The number of ketones is 1. The van der Waals surface area contributed by atoms with Crippen LogP contribution in [0.5, 0.6) is 0 Å². The predicted molar refractivity (Wildman–Crippen MR) is 90.6 cm³/mol. The van der Waals surface area contributed by atoms with E-state index in [1.165, 1.54) is 43.5 Å². The minimum atomic E-state index is -0.323. The summed E-state index contributed by atoms with van der Waals surface area (Å²) in [4.78, 5) is 12.1. The molecule has 1 aromatic carbocycles. The summed E-state index contributed by atoms with van der Waals surface area (Å²) in [6, 6.07) is 6.13. The summed E-state index contributed by atoms with van der Waals surface area (Å²) in [5.41, 5.74) is 0.563. The highest BCUT2D eigenvalue weighted by Gasteiger charge is 2.20. The lowest BCUT2D eigenvalue weighted by Crippen LogP contribution is -2.15. The summed E-state index contributed by atoms with van der Waals surface area (Å²) in [7, 11) is 0. The van der Waals surface area contributed by atoms with Gasteiger partial charge >= 0.3 is 0 Å². The average molecular weight is 348 g/mol. The Balaban J connectivity index is 1.46. The van der Waals surface area contributed by atoms with Crippen LogP contribution in [-0.2, 0) is 0 Å². The second-order valence-corrected chi connectivity index (χ2v) is 7.14. The molecule has 1 aliphatic rings. The molecule has 1 aromatic heterocycles. The van der Waals surface area contributed by atoms with Crippen LogP contribution in [0.25, 0.3) is 0 Å². The third kappa shape index (κ3) is 4.41. The largest absolute Gasteiger partial charge is 0.294 e. The van der Waals surface area contributed by atoms with Gasteiger partial charge in [-0.1, -0.05) is 31.0 Å². The molecule has 7 heteroatoms. The van der Waals surface area contributed by atoms with Crippen LogP contribution in [-0.4, -0.2) is 31.7 Å². The van der Waals surface area contributed by atoms with E-state index in [1.54, 1.807) is 11.8 Å². The fourth-order valence-corrected chi connectivity index (χ4v) is 3.89. The lowest BCUT2D eigenvalue weighted by molar-refractivity contribution is 0.0982. The molecule has 1 saturated carbocycles. The standard InChI is InChI=1S/C17H21FN4OS/c18-14-10-8-13(9-11-14)16(23)7-4-12-24-17-19-20-21-22(17)15-5-2-1-3-6-15/h8-11,15H,1-7,12H2. The van der Waals surface area contributed by atoms with Crippen LogP contribution in [0.3, 0.4) is 0 Å². The number of halogens is 1. The van der Waals surface area contributed by atoms with Gasteiger partial charge in [-0.2, -0.15) is 0 Å². The van der Waals surface area contributed by atoms with Gasteiger partial charge in [0, 0.05) is 17.7 Å². The maximum absolute atomic E-state index is 12.9. The van der Waals surface area contributed by atoms with Gasteiger partial charge < -0.3 is 0 Å². The van der Waals surface area contributed by atoms with E-state index < -0.39 is 0 Å². The van der Waals surface area contributed by atoms with Gasteiger partial charge in [-0.3, -0.25) is 4.79 Å². The zero-order chi connectivity index (χ0) is 16.8. The van der Waals surface area contributed by atoms with Gasteiger partial charge in [0.05, 0.1) is 6.04 Å². The van der Waals surface area contributed by atoms with E-state index in [2.05, 4.69) is 15.5 Å². The van der Waals surface area contributed by atoms with Crippen molar-refractivity contribution in [3.63, 3.8) is 0 Å². The minimum Gasteiger partial charge on any atom is -0.294 e. The van der Waals surface area contributed by atoms with E-state index in [9.17, 15) is 9.18 Å².